The molecule has 0 aliphatic carbocycles. The summed E-state index contributed by atoms with van der Waals surface area (Å²) in [4.78, 5) is 24.6. The summed E-state index contributed by atoms with van der Waals surface area (Å²) in [5, 5.41) is 2.73. The minimum absolute atomic E-state index is 0.181. The van der Waals surface area contributed by atoms with Crippen molar-refractivity contribution in [3.63, 3.8) is 0 Å². The predicted octanol–water partition coefficient (Wildman–Crippen LogP) is 4.47. The van der Waals surface area contributed by atoms with Gasteiger partial charge in [-0.3, -0.25) is 9.59 Å². The predicted molar refractivity (Wildman–Crippen MR) is 102 cm³/mol. The van der Waals surface area contributed by atoms with Gasteiger partial charge in [0.15, 0.2) is 6.61 Å². The van der Waals surface area contributed by atoms with Crippen LogP contribution in [0.25, 0.3) is 0 Å². The molecule has 1 unspecified atom stereocenters. The molecule has 132 valence electrons. The molecule has 0 heterocycles. The second-order valence-electron chi connectivity index (χ2n) is 5.74. The minimum atomic E-state index is -0.406. The van der Waals surface area contributed by atoms with Crippen molar-refractivity contribution in [1.82, 2.24) is 0 Å². The molecule has 2 aromatic carbocycles. The van der Waals surface area contributed by atoms with Crippen LogP contribution in [-0.4, -0.2) is 24.2 Å². The van der Waals surface area contributed by atoms with Gasteiger partial charge < -0.3 is 10.1 Å². The summed E-state index contributed by atoms with van der Waals surface area (Å²) in [6, 6.07) is 17.3. The zero-order valence-corrected chi connectivity index (χ0v) is 15.3. The summed E-state index contributed by atoms with van der Waals surface area (Å²) < 4.78 is 5.01. The van der Waals surface area contributed by atoms with Crippen molar-refractivity contribution >= 4 is 29.3 Å². The summed E-state index contributed by atoms with van der Waals surface area (Å²) in [6.07, 6.45) is 1.07. The molecule has 1 N–H and O–H groups in total. The number of hydrogen-bond donors (Lipinski definition) is 1. The second-order valence-corrected chi connectivity index (χ2v) is 6.79. The van der Waals surface area contributed by atoms with Crippen LogP contribution in [0, 0.1) is 0 Å². The molecule has 0 fully saturated rings. The highest BCUT2D eigenvalue weighted by Gasteiger charge is 2.09. The lowest BCUT2D eigenvalue weighted by molar-refractivity contribution is -0.144. The molecule has 0 bridgehead atoms. The number of carbonyl (C=O) groups excluding carboxylic acids is 2. The van der Waals surface area contributed by atoms with Gasteiger partial charge in [0.2, 0.25) is 0 Å². The lowest BCUT2D eigenvalue weighted by Crippen LogP contribution is -2.21. The van der Waals surface area contributed by atoms with Gasteiger partial charge in [-0.05, 0) is 42.2 Å². The summed E-state index contributed by atoms with van der Waals surface area (Å²) in [7, 11) is 0. The van der Waals surface area contributed by atoms with E-state index in [-0.39, 0.29) is 18.3 Å². The lowest BCUT2D eigenvalue weighted by atomic mass is 9.99. The van der Waals surface area contributed by atoms with Gasteiger partial charge in [-0.25, -0.2) is 0 Å². The van der Waals surface area contributed by atoms with Gasteiger partial charge in [0.1, 0.15) is 0 Å². The van der Waals surface area contributed by atoms with E-state index in [0.717, 1.165) is 11.3 Å². The Labute approximate surface area is 153 Å². The van der Waals surface area contributed by atoms with Crippen LogP contribution in [-0.2, 0) is 14.3 Å². The summed E-state index contributed by atoms with van der Waals surface area (Å²) in [5.41, 5.74) is 1.94. The third-order valence-corrected chi connectivity index (χ3v) is 4.83. The number of carbonyl (C=O) groups is 2. The van der Waals surface area contributed by atoms with E-state index in [1.165, 1.54) is 17.3 Å². The van der Waals surface area contributed by atoms with E-state index in [2.05, 4.69) is 19.2 Å². The van der Waals surface area contributed by atoms with Crippen LogP contribution < -0.4 is 5.32 Å². The van der Waals surface area contributed by atoms with Crippen LogP contribution in [0.5, 0.6) is 0 Å². The molecule has 0 saturated heterocycles. The van der Waals surface area contributed by atoms with Crippen molar-refractivity contribution in [2.45, 2.75) is 31.1 Å². The smallest absolute Gasteiger partial charge is 0.316 e. The number of ether oxygens (including phenoxy) is 1. The van der Waals surface area contributed by atoms with Crippen LogP contribution in [0.3, 0.4) is 0 Å². The van der Waals surface area contributed by atoms with Gasteiger partial charge in [-0.2, -0.15) is 0 Å². The Kier molecular flexibility index (Phi) is 7.54. The van der Waals surface area contributed by atoms with Gasteiger partial charge in [0.25, 0.3) is 5.91 Å². The zero-order valence-electron chi connectivity index (χ0n) is 14.5. The molecule has 2 aromatic rings. The van der Waals surface area contributed by atoms with E-state index in [4.69, 9.17) is 4.74 Å². The summed E-state index contributed by atoms with van der Waals surface area (Å²) in [5.74, 6) is -0.0701. The number of benzene rings is 2. The molecular weight excluding hydrogens is 334 g/mol. The fourth-order valence-corrected chi connectivity index (χ4v) is 2.89. The van der Waals surface area contributed by atoms with Crippen LogP contribution in [0.4, 0.5) is 5.69 Å². The second kappa shape index (κ2) is 9.89. The summed E-state index contributed by atoms with van der Waals surface area (Å²) >= 11 is 1.38. The van der Waals surface area contributed by atoms with Crippen molar-refractivity contribution in [2.75, 3.05) is 17.7 Å². The molecule has 0 spiro atoms. The Morgan fingerprint density at radius 3 is 2.40 bits per heavy atom. The van der Waals surface area contributed by atoms with E-state index in [9.17, 15) is 9.59 Å². The summed E-state index contributed by atoms with van der Waals surface area (Å²) in [6.45, 7) is 4.03. The van der Waals surface area contributed by atoms with Crippen LogP contribution in [0.1, 0.15) is 31.7 Å². The molecule has 1 atom stereocenters. The number of amides is 1. The Morgan fingerprint density at radius 2 is 1.76 bits per heavy atom. The molecule has 0 saturated carbocycles. The Bertz CT molecular complexity index is 686. The number of rotatable bonds is 8. The first-order chi connectivity index (χ1) is 12.1. The van der Waals surface area contributed by atoms with Crippen molar-refractivity contribution in [3.05, 3.63) is 60.2 Å². The zero-order chi connectivity index (χ0) is 18.1. The molecule has 0 aromatic heterocycles. The highest BCUT2D eigenvalue weighted by atomic mass is 32.2. The maximum absolute atomic E-state index is 11.9. The van der Waals surface area contributed by atoms with E-state index in [1.54, 1.807) is 0 Å². The topological polar surface area (TPSA) is 55.4 Å². The Balaban J connectivity index is 1.72. The normalized spacial score (nSPS) is 11.6. The van der Waals surface area contributed by atoms with Crippen LogP contribution in [0.2, 0.25) is 0 Å². The fraction of sp³-hybridized carbons (Fsp3) is 0.300. The van der Waals surface area contributed by atoms with Crippen molar-refractivity contribution < 1.29 is 14.3 Å². The first-order valence-electron chi connectivity index (χ1n) is 8.31. The monoisotopic (exact) mass is 357 g/mol. The van der Waals surface area contributed by atoms with Crippen LogP contribution >= 0.6 is 11.8 Å². The highest BCUT2D eigenvalue weighted by Crippen LogP contribution is 2.20. The van der Waals surface area contributed by atoms with Crippen molar-refractivity contribution in [1.29, 1.82) is 0 Å². The molecule has 0 aliphatic rings. The number of hydrogen-bond acceptors (Lipinski definition) is 4. The molecule has 25 heavy (non-hydrogen) atoms. The maximum Gasteiger partial charge on any atom is 0.316 e. The van der Waals surface area contributed by atoms with E-state index in [1.807, 2.05) is 54.6 Å². The standard InChI is InChI=1S/C20H23NO3S/c1-3-15(2)16-9-11-17(12-10-16)21-19(22)13-24-20(23)14-25-18-7-5-4-6-8-18/h4-12,15H,3,13-14H2,1-2H3,(H,21,22). The van der Waals surface area contributed by atoms with Crippen molar-refractivity contribution in [3.8, 4) is 0 Å². The minimum Gasteiger partial charge on any atom is -0.455 e. The van der Waals surface area contributed by atoms with Gasteiger partial charge in [0.05, 0.1) is 5.75 Å². The van der Waals surface area contributed by atoms with Crippen LogP contribution in [0.15, 0.2) is 59.5 Å². The number of anilines is 1. The molecule has 0 aliphatic heterocycles. The quantitative estimate of drug-likeness (QED) is 0.559. The SMILES string of the molecule is CCC(C)c1ccc(NC(=O)COC(=O)CSc2ccccc2)cc1. The number of thioether (sulfide) groups is 1. The molecule has 0 radical (unpaired) electrons. The average molecular weight is 357 g/mol. The number of esters is 1. The Morgan fingerprint density at radius 1 is 1.08 bits per heavy atom. The largest absolute Gasteiger partial charge is 0.455 e. The first kappa shape index (κ1) is 19.1. The molecule has 5 heteroatoms. The van der Waals surface area contributed by atoms with Gasteiger partial charge in [-0.1, -0.05) is 44.2 Å². The average Bonchev–Trinajstić information content (AvgIpc) is 2.65. The van der Waals surface area contributed by atoms with Crippen molar-refractivity contribution in [2.24, 2.45) is 0 Å². The lowest BCUT2D eigenvalue weighted by Gasteiger charge is -2.10. The van der Waals surface area contributed by atoms with Gasteiger partial charge >= 0.3 is 5.97 Å². The number of nitrogens with one attached hydrogen (secondary N) is 1. The molecular formula is C20H23NO3S. The highest BCUT2D eigenvalue weighted by molar-refractivity contribution is 8.00. The van der Waals surface area contributed by atoms with E-state index < -0.39 is 5.97 Å². The fourth-order valence-electron chi connectivity index (χ4n) is 2.17. The maximum atomic E-state index is 11.9. The van der Waals surface area contributed by atoms with E-state index in [0.29, 0.717) is 11.6 Å². The molecule has 4 nitrogen and oxygen atoms in total. The third kappa shape index (κ3) is 6.63. The van der Waals surface area contributed by atoms with Gasteiger partial charge in [0, 0.05) is 10.6 Å². The molecule has 2 rings (SSSR count). The van der Waals surface area contributed by atoms with E-state index >= 15 is 0 Å². The Hall–Kier alpha value is -2.27. The van der Waals surface area contributed by atoms with Gasteiger partial charge in [-0.15, -0.1) is 11.8 Å². The third-order valence-electron chi connectivity index (χ3n) is 3.84. The first-order valence-corrected chi connectivity index (χ1v) is 9.30. The molecule has 1 amide bonds.